The number of nitrogens with zero attached hydrogens (tertiary/aromatic N) is 1. The highest BCUT2D eigenvalue weighted by molar-refractivity contribution is 7.66. The molecule has 0 bridgehead atoms. The minimum atomic E-state index is -0.339. The molecular formula is C11H12NO3S+. The van der Waals surface area contributed by atoms with Crippen molar-refractivity contribution in [1.29, 1.82) is 0 Å². The zero-order valence-corrected chi connectivity index (χ0v) is 9.48. The molecule has 0 saturated carbocycles. The Hall–Kier alpha value is -1.49. The van der Waals surface area contributed by atoms with Crippen molar-refractivity contribution in [2.45, 2.75) is 11.9 Å². The summed E-state index contributed by atoms with van der Waals surface area (Å²) in [5.74, 6) is 0. The predicted molar refractivity (Wildman–Crippen MR) is 60.0 cm³/mol. The van der Waals surface area contributed by atoms with Crippen LogP contribution < -0.4 is 0 Å². The third-order valence-electron chi connectivity index (χ3n) is 2.45. The molecule has 0 N–H and O–H groups in total. The topological polar surface area (TPSA) is 46.6 Å². The molecular weight excluding hydrogens is 226 g/mol. The smallest absolute Gasteiger partial charge is 0.445 e. The van der Waals surface area contributed by atoms with Crippen LogP contribution in [0.4, 0.5) is 4.79 Å². The van der Waals surface area contributed by atoms with Crippen molar-refractivity contribution in [2.24, 2.45) is 0 Å². The molecule has 2 rings (SSSR count). The largest absolute Gasteiger partial charge is 0.466 e. The lowest BCUT2D eigenvalue weighted by molar-refractivity contribution is 0.0775. The molecule has 5 heteroatoms. The Labute approximate surface area is 97.7 Å². The van der Waals surface area contributed by atoms with E-state index in [0.29, 0.717) is 24.8 Å². The third kappa shape index (κ3) is 2.55. The van der Waals surface area contributed by atoms with Gasteiger partial charge in [0.05, 0.1) is 13.1 Å². The van der Waals surface area contributed by atoms with E-state index in [0.717, 1.165) is 5.56 Å². The van der Waals surface area contributed by atoms with Crippen LogP contribution >= 0.6 is 0 Å². The summed E-state index contributed by atoms with van der Waals surface area (Å²) >= 11 is 0.548. The van der Waals surface area contributed by atoms with Crippen LogP contribution in [-0.4, -0.2) is 29.3 Å². The number of likely N-dealkylation sites (tertiary alicyclic amines) is 1. The average Bonchev–Trinajstić information content (AvgIpc) is 2.26. The number of carbonyl (C=O) groups excluding carboxylic acids is 1. The van der Waals surface area contributed by atoms with Gasteiger partial charge < -0.3 is 4.74 Å². The zero-order valence-electron chi connectivity index (χ0n) is 8.67. The van der Waals surface area contributed by atoms with Crippen molar-refractivity contribution in [2.75, 3.05) is 13.1 Å². The van der Waals surface area contributed by atoms with E-state index in [9.17, 15) is 9.00 Å². The summed E-state index contributed by atoms with van der Waals surface area (Å²) in [6.45, 7) is 1.29. The molecule has 0 unspecified atom stereocenters. The summed E-state index contributed by atoms with van der Waals surface area (Å²) in [5, 5.41) is 0.0317. The maximum atomic E-state index is 11.5. The van der Waals surface area contributed by atoms with Gasteiger partial charge in [0.25, 0.3) is 5.25 Å². The van der Waals surface area contributed by atoms with Gasteiger partial charge in [-0.25, -0.2) is 4.79 Å². The molecule has 1 aliphatic rings. The summed E-state index contributed by atoms with van der Waals surface area (Å²) in [5.41, 5.74) is 0.964. The Balaban J connectivity index is 1.75. The van der Waals surface area contributed by atoms with E-state index in [2.05, 4.69) is 0 Å². The average molecular weight is 238 g/mol. The zero-order chi connectivity index (χ0) is 11.4. The Morgan fingerprint density at radius 1 is 1.38 bits per heavy atom. The van der Waals surface area contributed by atoms with Crippen molar-refractivity contribution in [1.82, 2.24) is 4.90 Å². The first-order chi connectivity index (χ1) is 7.79. The van der Waals surface area contributed by atoms with Gasteiger partial charge in [-0.15, -0.1) is 0 Å². The summed E-state index contributed by atoms with van der Waals surface area (Å²) in [7, 11) is 0. The maximum Gasteiger partial charge on any atom is 0.466 e. The molecule has 0 atom stereocenters. The molecule has 4 nitrogen and oxygen atoms in total. The summed E-state index contributed by atoms with van der Waals surface area (Å²) in [6, 6.07) is 9.52. The first-order valence-electron chi connectivity index (χ1n) is 5.04. The van der Waals surface area contributed by atoms with Crippen LogP contribution in [0.15, 0.2) is 30.3 Å². The quantitative estimate of drug-likeness (QED) is 0.748. The molecule has 1 saturated heterocycles. The molecule has 0 spiro atoms. The fourth-order valence-corrected chi connectivity index (χ4v) is 1.94. The summed E-state index contributed by atoms with van der Waals surface area (Å²) in [6.07, 6.45) is -0.339. The van der Waals surface area contributed by atoms with Crippen LogP contribution in [0.1, 0.15) is 5.56 Å². The molecule has 0 aromatic heterocycles. The molecule has 0 radical (unpaired) electrons. The lowest BCUT2D eigenvalue weighted by Crippen LogP contribution is -2.53. The van der Waals surface area contributed by atoms with Crippen molar-refractivity contribution >= 4 is 17.8 Å². The second kappa shape index (κ2) is 5.03. The minimum Gasteiger partial charge on any atom is -0.445 e. The summed E-state index contributed by atoms with van der Waals surface area (Å²) in [4.78, 5) is 13.0. The molecule has 1 amide bonds. The standard InChI is InChI=1S/C11H12NO3S/c13-11(12-6-10(7-12)16-14)15-8-9-4-2-1-3-5-9/h1-5,10H,6-8H2/q+1. The molecule has 1 aliphatic heterocycles. The van der Waals surface area contributed by atoms with E-state index in [1.807, 2.05) is 30.3 Å². The molecule has 1 aromatic carbocycles. The minimum absolute atomic E-state index is 0.0317. The Morgan fingerprint density at radius 2 is 2.06 bits per heavy atom. The van der Waals surface area contributed by atoms with Crippen molar-refractivity contribution < 1.29 is 13.7 Å². The van der Waals surface area contributed by atoms with Crippen molar-refractivity contribution in [3.63, 3.8) is 0 Å². The van der Waals surface area contributed by atoms with Crippen molar-refractivity contribution in [3.05, 3.63) is 35.9 Å². The predicted octanol–water partition coefficient (Wildman–Crippen LogP) is 1.44. The van der Waals surface area contributed by atoms with Crippen LogP contribution in [0.25, 0.3) is 0 Å². The number of rotatable bonds is 3. The molecule has 16 heavy (non-hydrogen) atoms. The second-order valence-corrected chi connectivity index (χ2v) is 4.52. The first kappa shape index (κ1) is 11.0. The SMILES string of the molecule is O=[S+]C1CN(C(=O)OCc2ccccc2)C1. The van der Waals surface area contributed by atoms with Crippen LogP contribution in [0.5, 0.6) is 0 Å². The van der Waals surface area contributed by atoms with Crippen molar-refractivity contribution in [3.8, 4) is 0 Å². The van der Waals surface area contributed by atoms with E-state index < -0.39 is 0 Å². The van der Waals surface area contributed by atoms with Gasteiger partial charge in [0.1, 0.15) is 6.61 Å². The van der Waals surface area contributed by atoms with Gasteiger partial charge in [0.15, 0.2) is 0 Å². The third-order valence-corrected chi connectivity index (χ3v) is 3.02. The van der Waals surface area contributed by atoms with Crippen LogP contribution in [-0.2, 0) is 27.2 Å². The van der Waals surface area contributed by atoms with E-state index in [1.54, 1.807) is 4.90 Å². The highest BCUT2D eigenvalue weighted by Gasteiger charge is 2.40. The van der Waals surface area contributed by atoms with Gasteiger partial charge in [-0.1, -0.05) is 30.3 Å². The second-order valence-electron chi connectivity index (χ2n) is 3.66. The molecule has 84 valence electrons. The molecule has 1 aromatic rings. The number of benzene rings is 1. The van der Waals surface area contributed by atoms with E-state index in [-0.39, 0.29) is 18.0 Å². The van der Waals surface area contributed by atoms with Gasteiger partial charge in [-0.05, 0) is 5.56 Å². The molecule has 0 aliphatic carbocycles. The number of carbonyl (C=O) groups is 1. The molecule has 1 heterocycles. The van der Waals surface area contributed by atoms with E-state index in [1.165, 1.54) is 0 Å². The summed E-state index contributed by atoms with van der Waals surface area (Å²) < 4.78 is 15.5. The lowest BCUT2D eigenvalue weighted by Gasteiger charge is -2.28. The number of hydrogen-bond donors (Lipinski definition) is 0. The Bertz CT molecular complexity index is 376. The van der Waals surface area contributed by atoms with Gasteiger partial charge in [-0.2, -0.15) is 0 Å². The number of ether oxygens (including phenoxy) is 1. The monoisotopic (exact) mass is 238 g/mol. The highest BCUT2D eigenvalue weighted by Crippen LogP contribution is 2.12. The van der Waals surface area contributed by atoms with Crippen LogP contribution in [0.2, 0.25) is 0 Å². The fourth-order valence-electron chi connectivity index (χ4n) is 1.46. The number of hydrogen-bond acceptors (Lipinski definition) is 3. The van der Waals surface area contributed by atoms with E-state index in [4.69, 9.17) is 4.74 Å². The number of amides is 1. The Kier molecular flexibility index (Phi) is 3.46. The Morgan fingerprint density at radius 3 is 2.69 bits per heavy atom. The highest BCUT2D eigenvalue weighted by atomic mass is 32.1. The lowest BCUT2D eigenvalue weighted by atomic mass is 10.2. The van der Waals surface area contributed by atoms with Crippen LogP contribution in [0.3, 0.4) is 0 Å². The van der Waals surface area contributed by atoms with Gasteiger partial charge in [0, 0.05) is 4.21 Å². The molecule has 1 fully saturated rings. The first-order valence-corrected chi connectivity index (χ1v) is 5.84. The maximum absolute atomic E-state index is 11.5. The van der Waals surface area contributed by atoms with Gasteiger partial charge >= 0.3 is 17.8 Å². The van der Waals surface area contributed by atoms with Gasteiger partial charge in [0.2, 0.25) is 0 Å². The van der Waals surface area contributed by atoms with Crippen LogP contribution in [0, 0.1) is 0 Å². The van der Waals surface area contributed by atoms with E-state index >= 15 is 0 Å². The van der Waals surface area contributed by atoms with Gasteiger partial charge in [-0.3, -0.25) is 4.90 Å². The normalized spacial score (nSPS) is 15.4. The fraction of sp³-hybridized carbons (Fsp3) is 0.364.